The maximum absolute atomic E-state index is 13.2. The Morgan fingerprint density at radius 2 is 1.77 bits per heavy atom. The molecule has 1 atom stereocenters. The number of hydrogen-bond donors (Lipinski definition) is 2. The fraction of sp³-hybridized carbons (Fsp3) is 0.667. The number of rotatable bonds is 9. The van der Waals surface area contributed by atoms with Crippen molar-refractivity contribution in [2.45, 2.75) is 69.4 Å². The van der Waals surface area contributed by atoms with Gasteiger partial charge in [-0.2, -0.15) is 11.8 Å². The molecule has 2 aliphatic rings. The van der Waals surface area contributed by atoms with E-state index in [0.29, 0.717) is 23.6 Å². The Morgan fingerprint density at radius 1 is 1.10 bits per heavy atom. The third-order valence-electron chi connectivity index (χ3n) is 6.75. The number of nitrogens with zero attached hydrogens (tertiary/aromatic N) is 1. The average molecular weight is 466 g/mol. The van der Waals surface area contributed by atoms with Crippen molar-refractivity contribution in [1.82, 2.24) is 15.5 Å². The number of carbonyl (C=O) groups is 2. The summed E-state index contributed by atoms with van der Waals surface area (Å²) in [5.74, 6) is 0.421. The molecule has 0 spiro atoms. The van der Waals surface area contributed by atoms with Crippen molar-refractivity contribution in [3.8, 4) is 0 Å². The largest absolute Gasteiger partial charge is 0.352 e. The van der Waals surface area contributed by atoms with E-state index in [9.17, 15) is 9.59 Å². The number of likely N-dealkylation sites (tertiary alicyclic amines) is 1. The lowest BCUT2D eigenvalue weighted by Crippen LogP contribution is -2.59. The van der Waals surface area contributed by atoms with Gasteiger partial charge in [-0.1, -0.05) is 49.4 Å². The summed E-state index contributed by atoms with van der Waals surface area (Å²) < 4.78 is 0. The highest BCUT2D eigenvalue weighted by molar-refractivity contribution is 7.98. The van der Waals surface area contributed by atoms with E-state index in [4.69, 9.17) is 11.6 Å². The first kappa shape index (κ1) is 24.4. The SMILES string of the molecule is CSCCC(NC(=O)c1ccccc1Cl)C(=O)NCC1(N2CCCCC2)CCCCC1. The van der Waals surface area contributed by atoms with E-state index in [1.54, 1.807) is 36.0 Å². The Labute approximate surface area is 196 Å². The predicted octanol–water partition coefficient (Wildman–Crippen LogP) is 4.50. The van der Waals surface area contributed by atoms with Crippen LogP contribution in [0, 0.1) is 0 Å². The van der Waals surface area contributed by atoms with Gasteiger partial charge in [-0.3, -0.25) is 14.5 Å². The van der Waals surface area contributed by atoms with Crippen LogP contribution in [0.3, 0.4) is 0 Å². The standard InChI is InChI=1S/C24H36ClN3O2S/c1-31-17-12-21(27-22(29)19-10-4-5-11-20(19)25)23(30)26-18-24(13-6-2-7-14-24)28-15-8-3-9-16-28/h4-5,10-11,21H,2-3,6-9,12-18H2,1H3,(H,26,30)(H,27,29). The number of piperidine rings is 1. The molecule has 1 saturated heterocycles. The molecule has 0 radical (unpaired) electrons. The normalized spacial score (nSPS) is 20.1. The quantitative estimate of drug-likeness (QED) is 0.563. The van der Waals surface area contributed by atoms with Crippen LogP contribution in [0.5, 0.6) is 0 Å². The molecule has 0 aromatic heterocycles. The summed E-state index contributed by atoms with van der Waals surface area (Å²) in [7, 11) is 0. The second-order valence-corrected chi connectivity index (χ2v) is 10.2. The summed E-state index contributed by atoms with van der Waals surface area (Å²) in [6, 6.07) is 6.40. The van der Waals surface area contributed by atoms with Crippen LogP contribution < -0.4 is 10.6 Å². The van der Waals surface area contributed by atoms with Crippen LogP contribution in [0.4, 0.5) is 0 Å². The molecule has 7 heteroatoms. The minimum Gasteiger partial charge on any atom is -0.352 e. The first-order chi connectivity index (χ1) is 15.1. The minimum atomic E-state index is -0.557. The summed E-state index contributed by atoms with van der Waals surface area (Å²) in [6.07, 6.45) is 12.5. The van der Waals surface area contributed by atoms with E-state index in [1.165, 1.54) is 38.5 Å². The maximum Gasteiger partial charge on any atom is 0.253 e. The van der Waals surface area contributed by atoms with E-state index in [1.807, 2.05) is 6.26 Å². The highest BCUT2D eigenvalue weighted by atomic mass is 35.5. The van der Waals surface area contributed by atoms with Crippen molar-refractivity contribution < 1.29 is 9.59 Å². The highest BCUT2D eigenvalue weighted by Gasteiger charge is 2.39. The van der Waals surface area contributed by atoms with Crippen LogP contribution >= 0.6 is 23.4 Å². The molecule has 1 saturated carbocycles. The van der Waals surface area contributed by atoms with Gasteiger partial charge in [-0.15, -0.1) is 0 Å². The second-order valence-electron chi connectivity index (χ2n) is 8.84. The van der Waals surface area contributed by atoms with Crippen LogP contribution in [-0.2, 0) is 4.79 Å². The van der Waals surface area contributed by atoms with Crippen molar-refractivity contribution >= 4 is 35.2 Å². The van der Waals surface area contributed by atoms with Crippen LogP contribution in [-0.4, -0.2) is 59.9 Å². The third kappa shape index (κ3) is 6.62. The summed E-state index contributed by atoms with van der Waals surface area (Å²) in [4.78, 5) is 28.6. The van der Waals surface area contributed by atoms with Gasteiger partial charge in [0.15, 0.2) is 0 Å². The molecular formula is C24H36ClN3O2S. The summed E-state index contributed by atoms with van der Waals surface area (Å²) in [5.41, 5.74) is 0.480. The number of nitrogens with one attached hydrogen (secondary N) is 2. The van der Waals surface area contributed by atoms with E-state index in [2.05, 4.69) is 15.5 Å². The van der Waals surface area contributed by atoms with Gasteiger partial charge < -0.3 is 10.6 Å². The average Bonchev–Trinajstić information content (AvgIpc) is 2.81. The van der Waals surface area contributed by atoms with Gasteiger partial charge in [0.1, 0.15) is 6.04 Å². The lowest BCUT2D eigenvalue weighted by molar-refractivity contribution is -0.124. The third-order valence-corrected chi connectivity index (χ3v) is 7.73. The van der Waals surface area contributed by atoms with E-state index >= 15 is 0 Å². The summed E-state index contributed by atoms with van der Waals surface area (Å²) in [5, 5.41) is 6.56. The van der Waals surface area contributed by atoms with Crippen LogP contribution in [0.15, 0.2) is 24.3 Å². The fourth-order valence-electron chi connectivity index (χ4n) is 4.94. The van der Waals surface area contributed by atoms with Gasteiger partial charge >= 0.3 is 0 Å². The predicted molar refractivity (Wildman–Crippen MR) is 130 cm³/mol. The maximum atomic E-state index is 13.2. The Balaban J connectivity index is 1.66. The highest BCUT2D eigenvalue weighted by Crippen LogP contribution is 2.35. The Bertz CT molecular complexity index is 733. The van der Waals surface area contributed by atoms with Crippen molar-refractivity contribution in [3.05, 3.63) is 34.9 Å². The minimum absolute atomic E-state index is 0.0745. The lowest BCUT2D eigenvalue weighted by atomic mass is 9.79. The smallest absolute Gasteiger partial charge is 0.253 e. The Kier molecular flexibility index (Phi) is 9.54. The molecule has 2 amide bonds. The summed E-state index contributed by atoms with van der Waals surface area (Å²) >= 11 is 7.86. The fourth-order valence-corrected chi connectivity index (χ4v) is 5.64. The van der Waals surface area contributed by atoms with Crippen molar-refractivity contribution in [2.75, 3.05) is 31.6 Å². The number of hydrogen-bond acceptors (Lipinski definition) is 4. The first-order valence-corrected chi connectivity index (χ1v) is 13.4. The number of carbonyl (C=O) groups excluding carboxylic acids is 2. The van der Waals surface area contributed by atoms with Gasteiger partial charge in [0.05, 0.1) is 10.6 Å². The Hall–Kier alpha value is -1.24. The zero-order valence-corrected chi connectivity index (χ0v) is 20.2. The second kappa shape index (κ2) is 12.1. The molecule has 1 aliphatic heterocycles. The molecule has 2 fully saturated rings. The molecule has 172 valence electrons. The molecule has 1 aromatic carbocycles. The molecule has 1 heterocycles. The zero-order valence-electron chi connectivity index (χ0n) is 18.6. The molecule has 2 N–H and O–H groups in total. The van der Waals surface area contributed by atoms with Crippen LogP contribution in [0.25, 0.3) is 0 Å². The van der Waals surface area contributed by atoms with Gasteiger partial charge in [-0.25, -0.2) is 0 Å². The van der Waals surface area contributed by atoms with E-state index < -0.39 is 6.04 Å². The molecule has 1 aliphatic carbocycles. The van der Waals surface area contributed by atoms with E-state index in [-0.39, 0.29) is 17.4 Å². The van der Waals surface area contributed by atoms with Crippen LogP contribution in [0.2, 0.25) is 5.02 Å². The molecule has 3 rings (SSSR count). The lowest BCUT2D eigenvalue weighted by Gasteiger charge is -2.48. The zero-order chi connectivity index (χ0) is 22.1. The number of amides is 2. The van der Waals surface area contributed by atoms with Gasteiger partial charge in [0.2, 0.25) is 5.91 Å². The van der Waals surface area contributed by atoms with Crippen molar-refractivity contribution in [1.29, 1.82) is 0 Å². The molecule has 31 heavy (non-hydrogen) atoms. The molecular weight excluding hydrogens is 430 g/mol. The number of halogens is 1. The number of thioether (sulfide) groups is 1. The topological polar surface area (TPSA) is 61.4 Å². The molecule has 5 nitrogen and oxygen atoms in total. The first-order valence-electron chi connectivity index (χ1n) is 11.6. The Morgan fingerprint density at radius 3 is 2.45 bits per heavy atom. The number of benzene rings is 1. The monoisotopic (exact) mass is 465 g/mol. The molecule has 1 unspecified atom stereocenters. The van der Waals surface area contributed by atoms with Crippen molar-refractivity contribution in [2.24, 2.45) is 0 Å². The molecule has 1 aromatic rings. The van der Waals surface area contributed by atoms with Crippen LogP contribution in [0.1, 0.15) is 68.1 Å². The van der Waals surface area contributed by atoms with E-state index in [0.717, 1.165) is 31.7 Å². The van der Waals surface area contributed by atoms with Gasteiger partial charge in [-0.05, 0) is 69.3 Å². The summed E-state index contributed by atoms with van der Waals surface area (Å²) in [6.45, 7) is 2.94. The van der Waals surface area contributed by atoms with Gasteiger partial charge in [0, 0.05) is 12.1 Å². The molecule has 0 bridgehead atoms. The van der Waals surface area contributed by atoms with Crippen molar-refractivity contribution in [3.63, 3.8) is 0 Å². The van der Waals surface area contributed by atoms with Gasteiger partial charge in [0.25, 0.3) is 5.91 Å².